The lowest BCUT2D eigenvalue weighted by molar-refractivity contribution is -0.107. The van der Waals surface area contributed by atoms with Crippen molar-refractivity contribution in [1.82, 2.24) is 0 Å². The third-order valence-electron chi connectivity index (χ3n) is 1.46. The van der Waals surface area contributed by atoms with Crippen molar-refractivity contribution in [2.24, 2.45) is 0 Å². The summed E-state index contributed by atoms with van der Waals surface area (Å²) in [5.41, 5.74) is 0. The standard InChI is InChI=1S/C10H16O/c1-2-3-4-5-6-7-8-9-10-11/h2-4,10H,1,5-9H2/b4-3-. The van der Waals surface area contributed by atoms with Crippen LogP contribution in [0.2, 0.25) is 0 Å². The van der Waals surface area contributed by atoms with Gasteiger partial charge in [0.2, 0.25) is 0 Å². The Balaban J connectivity index is 2.95. The quantitative estimate of drug-likeness (QED) is 0.311. The monoisotopic (exact) mass is 152 g/mol. The molecule has 0 aromatic carbocycles. The molecule has 0 N–H and O–H groups in total. The number of rotatable bonds is 7. The van der Waals surface area contributed by atoms with Crippen LogP contribution in [0.5, 0.6) is 0 Å². The van der Waals surface area contributed by atoms with Crippen molar-refractivity contribution in [1.29, 1.82) is 0 Å². The smallest absolute Gasteiger partial charge is 0.119 e. The van der Waals surface area contributed by atoms with E-state index in [1.54, 1.807) is 6.08 Å². The summed E-state index contributed by atoms with van der Waals surface area (Å²) in [7, 11) is 0. The van der Waals surface area contributed by atoms with E-state index >= 15 is 0 Å². The van der Waals surface area contributed by atoms with Gasteiger partial charge in [0.25, 0.3) is 0 Å². The zero-order chi connectivity index (χ0) is 8.36. The summed E-state index contributed by atoms with van der Waals surface area (Å²) in [5, 5.41) is 0. The maximum absolute atomic E-state index is 9.91. The first-order valence-corrected chi connectivity index (χ1v) is 4.13. The van der Waals surface area contributed by atoms with Crippen LogP contribution in [0.3, 0.4) is 0 Å². The largest absolute Gasteiger partial charge is 0.303 e. The van der Waals surface area contributed by atoms with Crippen molar-refractivity contribution in [2.45, 2.75) is 32.1 Å². The van der Waals surface area contributed by atoms with Gasteiger partial charge in [0.15, 0.2) is 0 Å². The Bertz CT molecular complexity index is 125. The van der Waals surface area contributed by atoms with Crippen molar-refractivity contribution in [2.75, 3.05) is 0 Å². The number of carbonyl (C=O) groups excluding carboxylic acids is 1. The predicted octanol–water partition coefficient (Wildman–Crippen LogP) is 2.88. The number of hydrogen-bond donors (Lipinski definition) is 0. The minimum Gasteiger partial charge on any atom is -0.303 e. The molecule has 0 fully saturated rings. The molecule has 62 valence electrons. The molecule has 0 radical (unpaired) electrons. The van der Waals surface area contributed by atoms with Crippen molar-refractivity contribution < 1.29 is 4.79 Å². The van der Waals surface area contributed by atoms with Crippen molar-refractivity contribution in [3.8, 4) is 0 Å². The highest BCUT2D eigenvalue weighted by molar-refractivity contribution is 5.48. The lowest BCUT2D eigenvalue weighted by Crippen LogP contribution is -1.77. The van der Waals surface area contributed by atoms with Crippen molar-refractivity contribution >= 4 is 6.29 Å². The van der Waals surface area contributed by atoms with Crippen LogP contribution in [0.1, 0.15) is 32.1 Å². The van der Waals surface area contributed by atoms with E-state index in [0.29, 0.717) is 6.42 Å². The number of carbonyl (C=O) groups is 1. The molecule has 0 aromatic heterocycles. The van der Waals surface area contributed by atoms with E-state index in [1.165, 1.54) is 6.42 Å². The molecular weight excluding hydrogens is 136 g/mol. The van der Waals surface area contributed by atoms with Crippen LogP contribution >= 0.6 is 0 Å². The molecule has 0 heterocycles. The van der Waals surface area contributed by atoms with Crippen LogP contribution < -0.4 is 0 Å². The van der Waals surface area contributed by atoms with Gasteiger partial charge in [0.05, 0.1) is 0 Å². The molecule has 0 aliphatic heterocycles. The first-order valence-electron chi connectivity index (χ1n) is 4.13. The van der Waals surface area contributed by atoms with Gasteiger partial charge in [0.1, 0.15) is 6.29 Å². The lowest BCUT2D eigenvalue weighted by atomic mass is 10.1. The molecule has 0 unspecified atom stereocenters. The van der Waals surface area contributed by atoms with Crippen LogP contribution in [0.4, 0.5) is 0 Å². The maximum Gasteiger partial charge on any atom is 0.119 e. The second-order valence-electron chi connectivity index (χ2n) is 2.47. The lowest BCUT2D eigenvalue weighted by Gasteiger charge is -1.92. The second-order valence-corrected chi connectivity index (χ2v) is 2.47. The van der Waals surface area contributed by atoms with Gasteiger partial charge in [-0.15, -0.1) is 0 Å². The van der Waals surface area contributed by atoms with Gasteiger partial charge in [-0.2, -0.15) is 0 Å². The van der Waals surface area contributed by atoms with Crippen LogP contribution in [-0.4, -0.2) is 6.29 Å². The molecule has 0 aromatic rings. The fraction of sp³-hybridized carbons (Fsp3) is 0.500. The molecule has 1 heteroatoms. The molecular formula is C10H16O. The first-order chi connectivity index (χ1) is 5.41. The van der Waals surface area contributed by atoms with E-state index in [4.69, 9.17) is 0 Å². The topological polar surface area (TPSA) is 17.1 Å². The number of hydrogen-bond acceptors (Lipinski definition) is 1. The van der Waals surface area contributed by atoms with E-state index in [9.17, 15) is 4.79 Å². The predicted molar refractivity (Wildman–Crippen MR) is 48.5 cm³/mol. The average molecular weight is 152 g/mol. The molecule has 0 spiro atoms. The highest BCUT2D eigenvalue weighted by atomic mass is 16.1. The molecule has 0 rings (SSSR count). The third-order valence-corrected chi connectivity index (χ3v) is 1.46. The van der Waals surface area contributed by atoms with Gasteiger partial charge in [-0.3, -0.25) is 0 Å². The second kappa shape index (κ2) is 9.15. The van der Waals surface area contributed by atoms with Gasteiger partial charge in [-0.05, 0) is 19.3 Å². The fourth-order valence-electron chi connectivity index (χ4n) is 0.859. The molecule has 1 nitrogen and oxygen atoms in total. The Kier molecular flexibility index (Phi) is 8.44. The molecule has 0 aliphatic carbocycles. The summed E-state index contributed by atoms with van der Waals surface area (Å²) in [6.07, 6.45) is 12.0. The van der Waals surface area contributed by atoms with Crippen LogP contribution in [0, 0.1) is 0 Å². The summed E-state index contributed by atoms with van der Waals surface area (Å²) < 4.78 is 0. The molecule has 0 amide bonds. The number of unbranched alkanes of at least 4 members (excludes halogenated alkanes) is 4. The summed E-state index contributed by atoms with van der Waals surface area (Å²) in [6.45, 7) is 3.57. The van der Waals surface area contributed by atoms with E-state index in [-0.39, 0.29) is 0 Å². The van der Waals surface area contributed by atoms with E-state index in [0.717, 1.165) is 25.5 Å². The Morgan fingerprint density at radius 1 is 1.09 bits per heavy atom. The third kappa shape index (κ3) is 9.15. The Hall–Kier alpha value is -0.850. The van der Waals surface area contributed by atoms with Gasteiger partial charge < -0.3 is 4.79 Å². The van der Waals surface area contributed by atoms with Gasteiger partial charge in [-0.25, -0.2) is 0 Å². The number of aldehydes is 1. The minimum absolute atomic E-state index is 0.713. The normalized spacial score (nSPS) is 10.2. The van der Waals surface area contributed by atoms with Crippen LogP contribution in [0.15, 0.2) is 24.8 Å². The summed E-state index contributed by atoms with van der Waals surface area (Å²) in [6, 6.07) is 0. The van der Waals surface area contributed by atoms with E-state index in [2.05, 4.69) is 12.7 Å². The van der Waals surface area contributed by atoms with E-state index in [1.807, 2.05) is 6.08 Å². The van der Waals surface area contributed by atoms with Gasteiger partial charge in [-0.1, -0.05) is 31.2 Å². The summed E-state index contributed by atoms with van der Waals surface area (Å²) >= 11 is 0. The van der Waals surface area contributed by atoms with Crippen LogP contribution in [-0.2, 0) is 4.79 Å². The molecule has 0 bridgehead atoms. The molecule has 0 atom stereocenters. The highest BCUT2D eigenvalue weighted by Gasteiger charge is 1.85. The Morgan fingerprint density at radius 2 is 1.82 bits per heavy atom. The minimum atomic E-state index is 0.713. The number of allylic oxidation sites excluding steroid dienone is 3. The Labute approximate surface area is 68.8 Å². The molecule has 11 heavy (non-hydrogen) atoms. The zero-order valence-corrected chi connectivity index (χ0v) is 6.96. The Morgan fingerprint density at radius 3 is 2.45 bits per heavy atom. The summed E-state index contributed by atoms with van der Waals surface area (Å²) in [5.74, 6) is 0. The zero-order valence-electron chi connectivity index (χ0n) is 6.96. The molecule has 0 aliphatic rings. The average Bonchev–Trinajstić information content (AvgIpc) is 2.03. The van der Waals surface area contributed by atoms with Crippen molar-refractivity contribution in [3.05, 3.63) is 24.8 Å². The van der Waals surface area contributed by atoms with E-state index < -0.39 is 0 Å². The highest BCUT2D eigenvalue weighted by Crippen LogP contribution is 2.01. The summed E-state index contributed by atoms with van der Waals surface area (Å²) in [4.78, 5) is 9.91. The molecule has 0 saturated heterocycles. The SMILES string of the molecule is C=C/C=C\CCCCCC=O. The van der Waals surface area contributed by atoms with Gasteiger partial charge >= 0.3 is 0 Å². The fourth-order valence-corrected chi connectivity index (χ4v) is 0.859. The maximum atomic E-state index is 9.91. The van der Waals surface area contributed by atoms with Gasteiger partial charge in [0, 0.05) is 6.42 Å². The van der Waals surface area contributed by atoms with Crippen molar-refractivity contribution in [3.63, 3.8) is 0 Å². The molecule has 0 saturated carbocycles. The first kappa shape index (κ1) is 10.2. The van der Waals surface area contributed by atoms with Crippen LogP contribution in [0.25, 0.3) is 0 Å².